The van der Waals surface area contributed by atoms with Crippen molar-refractivity contribution < 1.29 is 9.59 Å². The second kappa shape index (κ2) is 9.92. The number of rotatable bonds is 8. The lowest BCUT2D eigenvalue weighted by Gasteiger charge is -2.17. The average Bonchev–Trinajstić information content (AvgIpc) is 3.53. The van der Waals surface area contributed by atoms with E-state index in [0.717, 1.165) is 46.5 Å². The smallest absolute Gasteiger partial charge is 0.267 e. The molecule has 0 radical (unpaired) electrons. The number of nitrogens with zero attached hydrogens (tertiary/aromatic N) is 3. The molecule has 2 amide bonds. The minimum atomic E-state index is -0.187. The molecule has 0 spiro atoms. The van der Waals surface area contributed by atoms with Gasteiger partial charge in [-0.25, -0.2) is 4.98 Å². The number of carbonyl (C=O) groups is 2. The zero-order chi connectivity index (χ0) is 24.6. The molecule has 0 bridgehead atoms. The zero-order valence-electron chi connectivity index (χ0n) is 20.2. The zero-order valence-corrected chi connectivity index (χ0v) is 21.9. The number of likely N-dealkylation sites (N-methyl/N-ethyl adjacent to an activating group) is 1. The highest BCUT2D eigenvalue weighted by molar-refractivity contribution is 7.99. The Morgan fingerprint density at radius 3 is 2.62 bits per heavy atom. The summed E-state index contributed by atoms with van der Waals surface area (Å²) in [5, 5.41) is 4.04. The molecule has 0 unspecified atom stereocenters. The summed E-state index contributed by atoms with van der Waals surface area (Å²) >= 11 is 2.74. The third-order valence-electron chi connectivity index (χ3n) is 6.17. The Balaban J connectivity index is 1.66. The molecule has 1 aromatic carbocycles. The van der Waals surface area contributed by atoms with E-state index < -0.39 is 0 Å². The molecule has 34 heavy (non-hydrogen) atoms. The van der Waals surface area contributed by atoms with Gasteiger partial charge in [-0.05, 0) is 68.9 Å². The summed E-state index contributed by atoms with van der Waals surface area (Å²) in [7, 11) is 1.62. The number of aromatic nitrogens is 2. The Morgan fingerprint density at radius 2 is 1.97 bits per heavy atom. The molecule has 2 aromatic heterocycles. The van der Waals surface area contributed by atoms with Crippen molar-refractivity contribution in [3.63, 3.8) is 0 Å². The number of aryl methyl sites for hydroxylation is 4. The van der Waals surface area contributed by atoms with Crippen LogP contribution < -0.4 is 10.9 Å². The fraction of sp³-hybridized carbons (Fsp3) is 0.440. The van der Waals surface area contributed by atoms with Crippen molar-refractivity contribution in [2.45, 2.75) is 58.2 Å². The fourth-order valence-corrected chi connectivity index (χ4v) is 5.96. The van der Waals surface area contributed by atoms with E-state index in [-0.39, 0.29) is 35.7 Å². The highest BCUT2D eigenvalue weighted by Gasteiger charge is 2.25. The second-order valence-electron chi connectivity index (χ2n) is 8.85. The van der Waals surface area contributed by atoms with Gasteiger partial charge in [0.05, 0.1) is 23.4 Å². The molecule has 1 saturated carbocycles. The summed E-state index contributed by atoms with van der Waals surface area (Å²) in [6.07, 6.45) is 2.77. The molecule has 0 aliphatic heterocycles. The molecule has 1 aliphatic rings. The quantitative estimate of drug-likeness (QED) is 0.378. The van der Waals surface area contributed by atoms with Crippen molar-refractivity contribution in [1.82, 2.24) is 19.8 Å². The third-order valence-corrected chi connectivity index (χ3v) is 8.14. The van der Waals surface area contributed by atoms with Gasteiger partial charge in [0.1, 0.15) is 4.83 Å². The highest BCUT2D eigenvalue weighted by Crippen LogP contribution is 2.31. The van der Waals surface area contributed by atoms with Gasteiger partial charge in [0, 0.05) is 18.0 Å². The maximum atomic E-state index is 13.7. The topological polar surface area (TPSA) is 84.3 Å². The van der Waals surface area contributed by atoms with Gasteiger partial charge in [0.15, 0.2) is 5.16 Å². The third kappa shape index (κ3) is 5.05. The summed E-state index contributed by atoms with van der Waals surface area (Å²) in [6, 6.07) is 6.15. The number of fused-ring (bicyclic) bond motifs is 1. The number of benzene rings is 1. The van der Waals surface area contributed by atoms with Gasteiger partial charge < -0.3 is 10.2 Å². The minimum Gasteiger partial charge on any atom is -0.352 e. The van der Waals surface area contributed by atoms with Crippen LogP contribution in [0.4, 0.5) is 0 Å². The number of hydrogen-bond acceptors (Lipinski definition) is 6. The van der Waals surface area contributed by atoms with Gasteiger partial charge in [0.25, 0.3) is 5.56 Å². The number of carbonyl (C=O) groups excluding carboxylic acids is 2. The molecule has 1 N–H and O–H groups in total. The predicted molar refractivity (Wildman–Crippen MR) is 138 cm³/mol. The van der Waals surface area contributed by atoms with Crippen LogP contribution in [0.25, 0.3) is 15.9 Å². The van der Waals surface area contributed by atoms with Crippen molar-refractivity contribution >= 4 is 45.1 Å². The van der Waals surface area contributed by atoms with E-state index in [9.17, 15) is 14.4 Å². The maximum Gasteiger partial charge on any atom is 0.267 e. The molecular weight excluding hydrogens is 468 g/mol. The van der Waals surface area contributed by atoms with Crippen LogP contribution in [0.15, 0.2) is 28.2 Å². The van der Waals surface area contributed by atoms with E-state index in [1.165, 1.54) is 28.0 Å². The molecule has 1 fully saturated rings. The van der Waals surface area contributed by atoms with E-state index in [2.05, 4.69) is 5.32 Å². The van der Waals surface area contributed by atoms with Crippen molar-refractivity contribution in [2.75, 3.05) is 19.3 Å². The van der Waals surface area contributed by atoms with Gasteiger partial charge in [-0.15, -0.1) is 11.3 Å². The van der Waals surface area contributed by atoms with Crippen LogP contribution >= 0.6 is 23.1 Å². The average molecular weight is 499 g/mol. The van der Waals surface area contributed by atoms with Crippen molar-refractivity contribution in [1.29, 1.82) is 0 Å². The molecular formula is C25H30N4O3S2. The maximum absolute atomic E-state index is 13.7. The second-order valence-corrected chi connectivity index (χ2v) is 11.0. The molecule has 0 atom stereocenters. The lowest BCUT2D eigenvalue weighted by atomic mass is 10.1. The summed E-state index contributed by atoms with van der Waals surface area (Å²) in [6.45, 7) is 8.13. The SMILES string of the molecule is CCc1c(C)sc2nc(SCC(=O)N(C)CC(=O)NC3CC3)n(-c3ccc(C)c(C)c3)c(=O)c12. The number of amides is 2. The van der Waals surface area contributed by atoms with Gasteiger partial charge in [0.2, 0.25) is 11.8 Å². The Kier molecular flexibility index (Phi) is 7.14. The monoisotopic (exact) mass is 498 g/mol. The first-order valence-corrected chi connectivity index (χ1v) is 13.3. The standard InChI is InChI=1S/C25H30N4O3S2/c1-6-19-16(4)34-23-22(19)24(32)29(18-10-7-14(2)15(3)11-18)25(27-23)33-13-21(31)28(5)12-20(30)26-17-8-9-17/h7,10-11,17H,6,8-9,12-13H2,1-5H3,(H,26,30). The first kappa shape index (κ1) is 24.5. The van der Waals surface area contributed by atoms with E-state index in [0.29, 0.717) is 15.4 Å². The lowest BCUT2D eigenvalue weighted by molar-refractivity contribution is -0.132. The first-order valence-electron chi connectivity index (χ1n) is 11.5. The molecule has 0 saturated heterocycles. The minimum absolute atomic E-state index is 0.0241. The molecule has 9 heteroatoms. The number of thioether (sulfide) groups is 1. The largest absolute Gasteiger partial charge is 0.352 e. The van der Waals surface area contributed by atoms with Gasteiger partial charge in [-0.1, -0.05) is 24.8 Å². The highest BCUT2D eigenvalue weighted by atomic mass is 32.2. The van der Waals surface area contributed by atoms with Crippen LogP contribution in [0.2, 0.25) is 0 Å². The van der Waals surface area contributed by atoms with Crippen LogP contribution in [0, 0.1) is 20.8 Å². The molecule has 180 valence electrons. The number of hydrogen-bond donors (Lipinski definition) is 1. The van der Waals surface area contributed by atoms with E-state index in [4.69, 9.17) is 4.98 Å². The normalized spacial score (nSPS) is 13.3. The van der Waals surface area contributed by atoms with Crippen LogP contribution in [-0.4, -0.2) is 51.7 Å². The molecule has 2 heterocycles. The Hall–Kier alpha value is -2.65. The Labute approximate surface area is 207 Å². The van der Waals surface area contributed by atoms with Crippen LogP contribution in [0.3, 0.4) is 0 Å². The molecule has 7 nitrogen and oxygen atoms in total. The number of nitrogens with one attached hydrogen (secondary N) is 1. The van der Waals surface area contributed by atoms with Crippen molar-refractivity contribution in [3.8, 4) is 5.69 Å². The summed E-state index contributed by atoms with van der Waals surface area (Å²) in [5.74, 6) is -0.245. The predicted octanol–water partition coefficient (Wildman–Crippen LogP) is 3.76. The van der Waals surface area contributed by atoms with Crippen LogP contribution in [0.1, 0.15) is 41.3 Å². The molecule has 3 aromatic rings. The Bertz CT molecular complexity index is 1320. The van der Waals surface area contributed by atoms with E-state index in [1.54, 1.807) is 11.6 Å². The van der Waals surface area contributed by atoms with Gasteiger partial charge in [-0.3, -0.25) is 19.0 Å². The summed E-state index contributed by atoms with van der Waals surface area (Å²) < 4.78 is 1.62. The van der Waals surface area contributed by atoms with Crippen molar-refractivity contribution in [2.24, 2.45) is 0 Å². The first-order chi connectivity index (χ1) is 16.2. The summed E-state index contributed by atoms with van der Waals surface area (Å²) in [4.78, 5) is 46.6. The van der Waals surface area contributed by atoms with Gasteiger partial charge in [-0.2, -0.15) is 0 Å². The van der Waals surface area contributed by atoms with Crippen molar-refractivity contribution in [3.05, 3.63) is 50.1 Å². The number of thiophene rings is 1. The van der Waals surface area contributed by atoms with Crippen LogP contribution in [-0.2, 0) is 16.0 Å². The fourth-order valence-electron chi connectivity index (χ4n) is 3.85. The van der Waals surface area contributed by atoms with E-state index >= 15 is 0 Å². The molecule has 1 aliphatic carbocycles. The molecule has 4 rings (SSSR count). The van der Waals surface area contributed by atoms with E-state index in [1.807, 2.05) is 45.9 Å². The summed E-state index contributed by atoms with van der Waals surface area (Å²) in [5.41, 5.74) is 3.88. The lowest BCUT2D eigenvalue weighted by Crippen LogP contribution is -2.39. The van der Waals surface area contributed by atoms with Gasteiger partial charge >= 0.3 is 0 Å². The van der Waals surface area contributed by atoms with Crippen LogP contribution in [0.5, 0.6) is 0 Å². The Morgan fingerprint density at radius 1 is 1.24 bits per heavy atom.